The van der Waals surface area contributed by atoms with Gasteiger partial charge in [-0.05, 0) is 55.8 Å². The van der Waals surface area contributed by atoms with E-state index in [-0.39, 0.29) is 10.7 Å². The maximum absolute atomic E-state index is 13.4. The second kappa shape index (κ2) is 9.48. The number of guanidine groups is 1. The zero-order valence-electron chi connectivity index (χ0n) is 15.7. The highest BCUT2D eigenvalue weighted by atomic mass is 32.2. The minimum atomic E-state index is -3.48. The van der Waals surface area contributed by atoms with Gasteiger partial charge in [0.25, 0.3) is 0 Å². The van der Waals surface area contributed by atoms with Crippen molar-refractivity contribution in [1.29, 1.82) is 0 Å². The molecule has 0 aliphatic heterocycles. The fourth-order valence-corrected chi connectivity index (χ4v) is 3.24. The normalized spacial score (nSPS) is 12.1. The summed E-state index contributed by atoms with van der Waals surface area (Å²) in [5.74, 6) is 0.372. The predicted molar refractivity (Wildman–Crippen MR) is 105 cm³/mol. The molecule has 0 saturated heterocycles. The van der Waals surface area contributed by atoms with Crippen molar-refractivity contribution in [2.45, 2.75) is 31.8 Å². The van der Waals surface area contributed by atoms with Crippen molar-refractivity contribution in [1.82, 2.24) is 15.4 Å². The van der Waals surface area contributed by atoms with Gasteiger partial charge in [-0.3, -0.25) is 0 Å². The molecule has 0 unspecified atom stereocenters. The molecular weight excluding hydrogens is 367 g/mol. The molecule has 6 nitrogen and oxygen atoms in total. The van der Waals surface area contributed by atoms with Gasteiger partial charge in [-0.1, -0.05) is 24.3 Å². The summed E-state index contributed by atoms with van der Waals surface area (Å²) in [6.45, 7) is 5.19. The summed E-state index contributed by atoms with van der Waals surface area (Å²) >= 11 is 0. The van der Waals surface area contributed by atoms with E-state index in [4.69, 9.17) is 0 Å². The van der Waals surface area contributed by atoms with Crippen LogP contribution < -0.4 is 15.4 Å². The molecular formula is C19H25FN4O2S. The second-order valence-corrected chi connectivity index (χ2v) is 7.87. The summed E-state index contributed by atoms with van der Waals surface area (Å²) in [5.41, 5.74) is 2.32. The number of aryl methyl sites for hydroxylation is 1. The SMILES string of the molecule is CCNC(=NCc1cccc(S(=O)(=O)NC)c1)NCc1ccc(F)c(C)c1. The first kappa shape index (κ1) is 20.9. The number of benzene rings is 2. The molecule has 0 saturated carbocycles. The number of nitrogens with one attached hydrogen (secondary N) is 3. The van der Waals surface area contributed by atoms with Gasteiger partial charge in [-0.2, -0.15) is 0 Å². The van der Waals surface area contributed by atoms with E-state index in [1.165, 1.54) is 13.1 Å². The molecule has 8 heteroatoms. The summed E-state index contributed by atoms with van der Waals surface area (Å²) in [5, 5.41) is 6.34. The predicted octanol–water partition coefficient (Wildman–Crippen LogP) is 2.30. The maximum Gasteiger partial charge on any atom is 0.240 e. The Kier molecular flexibility index (Phi) is 7.32. The first-order valence-corrected chi connectivity index (χ1v) is 10.1. The van der Waals surface area contributed by atoms with Crippen molar-refractivity contribution < 1.29 is 12.8 Å². The molecule has 0 bridgehead atoms. The highest BCUT2D eigenvalue weighted by molar-refractivity contribution is 7.89. The molecule has 146 valence electrons. The van der Waals surface area contributed by atoms with Crippen LogP contribution >= 0.6 is 0 Å². The zero-order valence-corrected chi connectivity index (χ0v) is 16.5. The van der Waals surface area contributed by atoms with Crippen LogP contribution in [-0.2, 0) is 23.1 Å². The van der Waals surface area contributed by atoms with Crippen molar-refractivity contribution in [2.75, 3.05) is 13.6 Å². The molecule has 0 radical (unpaired) electrons. The van der Waals surface area contributed by atoms with Gasteiger partial charge in [0.05, 0.1) is 11.4 Å². The number of halogens is 1. The lowest BCUT2D eigenvalue weighted by Crippen LogP contribution is -2.36. The van der Waals surface area contributed by atoms with Crippen molar-refractivity contribution in [3.63, 3.8) is 0 Å². The molecule has 2 rings (SSSR count). The lowest BCUT2D eigenvalue weighted by molar-refractivity contribution is 0.588. The van der Waals surface area contributed by atoms with E-state index in [0.717, 1.165) is 11.1 Å². The first-order chi connectivity index (χ1) is 12.9. The Morgan fingerprint density at radius 3 is 2.56 bits per heavy atom. The summed E-state index contributed by atoms with van der Waals surface area (Å²) in [7, 11) is -2.10. The van der Waals surface area contributed by atoms with Crippen LogP contribution in [0.25, 0.3) is 0 Å². The molecule has 3 N–H and O–H groups in total. The highest BCUT2D eigenvalue weighted by Gasteiger charge is 2.11. The summed E-state index contributed by atoms with van der Waals surface area (Å²) in [6.07, 6.45) is 0. The standard InChI is InChI=1S/C19H25FN4O2S/c1-4-22-19(24-13-16-8-9-18(20)14(2)10-16)23-12-15-6-5-7-17(11-15)27(25,26)21-3/h5-11,21H,4,12-13H2,1-3H3,(H2,22,23,24). The van der Waals surface area contributed by atoms with Crippen LogP contribution in [0.3, 0.4) is 0 Å². The Morgan fingerprint density at radius 2 is 1.89 bits per heavy atom. The average molecular weight is 393 g/mol. The topological polar surface area (TPSA) is 82.6 Å². The van der Waals surface area contributed by atoms with E-state index >= 15 is 0 Å². The van der Waals surface area contributed by atoms with Crippen LogP contribution in [0, 0.1) is 12.7 Å². The Balaban J connectivity index is 2.09. The number of hydrogen-bond donors (Lipinski definition) is 3. The monoisotopic (exact) mass is 392 g/mol. The van der Waals surface area contributed by atoms with Gasteiger partial charge in [-0.15, -0.1) is 0 Å². The summed E-state index contributed by atoms with van der Waals surface area (Å²) in [6, 6.07) is 11.6. The molecule has 2 aromatic carbocycles. The van der Waals surface area contributed by atoms with E-state index in [1.807, 2.05) is 13.0 Å². The third kappa shape index (κ3) is 6.04. The Morgan fingerprint density at radius 1 is 1.11 bits per heavy atom. The average Bonchev–Trinajstić information content (AvgIpc) is 2.67. The van der Waals surface area contributed by atoms with Gasteiger partial charge in [0.2, 0.25) is 10.0 Å². The van der Waals surface area contributed by atoms with Crippen LogP contribution in [0.2, 0.25) is 0 Å². The van der Waals surface area contributed by atoms with Crippen molar-refractivity contribution in [3.8, 4) is 0 Å². The van der Waals surface area contributed by atoms with Crippen molar-refractivity contribution >= 4 is 16.0 Å². The number of rotatable bonds is 7. The molecule has 27 heavy (non-hydrogen) atoms. The third-order valence-corrected chi connectivity index (χ3v) is 5.34. The van der Waals surface area contributed by atoms with Crippen molar-refractivity contribution in [2.24, 2.45) is 4.99 Å². The first-order valence-electron chi connectivity index (χ1n) is 8.65. The Labute approximate surface area is 160 Å². The number of nitrogens with zero attached hydrogens (tertiary/aromatic N) is 1. The Hall–Kier alpha value is -2.45. The van der Waals surface area contributed by atoms with E-state index in [9.17, 15) is 12.8 Å². The molecule has 0 aromatic heterocycles. The fraction of sp³-hybridized carbons (Fsp3) is 0.316. The third-order valence-electron chi connectivity index (χ3n) is 3.92. The van der Waals surface area contributed by atoms with Gasteiger partial charge >= 0.3 is 0 Å². The van der Waals surface area contributed by atoms with Crippen LogP contribution in [0.5, 0.6) is 0 Å². The van der Waals surface area contributed by atoms with Gasteiger partial charge in [0.15, 0.2) is 5.96 Å². The molecule has 2 aromatic rings. The number of aliphatic imine (C=N–C) groups is 1. The van der Waals surface area contributed by atoms with Gasteiger partial charge in [0.1, 0.15) is 5.82 Å². The molecule has 0 spiro atoms. The molecule has 0 atom stereocenters. The van der Waals surface area contributed by atoms with E-state index in [1.54, 1.807) is 37.3 Å². The molecule has 0 amide bonds. The lowest BCUT2D eigenvalue weighted by Gasteiger charge is -2.12. The number of sulfonamides is 1. The van der Waals surface area contributed by atoms with E-state index in [0.29, 0.717) is 31.2 Å². The fourth-order valence-electron chi connectivity index (χ4n) is 2.44. The molecule has 0 aliphatic rings. The van der Waals surface area contributed by atoms with Gasteiger partial charge in [-0.25, -0.2) is 22.5 Å². The van der Waals surface area contributed by atoms with E-state index in [2.05, 4.69) is 20.3 Å². The smallest absolute Gasteiger partial charge is 0.240 e. The highest BCUT2D eigenvalue weighted by Crippen LogP contribution is 2.12. The van der Waals surface area contributed by atoms with Crippen LogP contribution in [-0.4, -0.2) is 28.0 Å². The molecule has 0 fully saturated rings. The quantitative estimate of drug-likeness (QED) is 0.499. The second-order valence-electron chi connectivity index (χ2n) is 5.99. The molecule has 0 aliphatic carbocycles. The van der Waals surface area contributed by atoms with Crippen LogP contribution in [0.1, 0.15) is 23.6 Å². The Bertz CT molecular complexity index is 914. The minimum absolute atomic E-state index is 0.206. The minimum Gasteiger partial charge on any atom is -0.357 e. The van der Waals surface area contributed by atoms with E-state index < -0.39 is 10.0 Å². The zero-order chi connectivity index (χ0) is 19.9. The molecule has 0 heterocycles. The van der Waals surface area contributed by atoms with Gasteiger partial charge < -0.3 is 10.6 Å². The summed E-state index contributed by atoms with van der Waals surface area (Å²) < 4.78 is 39.5. The van der Waals surface area contributed by atoms with Crippen LogP contribution in [0.15, 0.2) is 52.4 Å². The number of hydrogen-bond acceptors (Lipinski definition) is 3. The van der Waals surface area contributed by atoms with Gasteiger partial charge in [0, 0.05) is 13.1 Å². The summed E-state index contributed by atoms with van der Waals surface area (Å²) in [4.78, 5) is 4.70. The largest absolute Gasteiger partial charge is 0.357 e. The van der Waals surface area contributed by atoms with Crippen molar-refractivity contribution in [3.05, 3.63) is 65.0 Å². The van der Waals surface area contributed by atoms with Crippen LogP contribution in [0.4, 0.5) is 4.39 Å². The lowest BCUT2D eigenvalue weighted by atomic mass is 10.1. The maximum atomic E-state index is 13.4.